The Balaban J connectivity index is 2.18. The van der Waals surface area contributed by atoms with Gasteiger partial charge in [-0.3, -0.25) is 4.79 Å². The molecule has 1 aliphatic carbocycles. The zero-order chi connectivity index (χ0) is 18.2. The number of carbonyl (C=O) groups excluding carboxylic acids is 1. The second-order valence-electron chi connectivity index (χ2n) is 6.23. The lowest BCUT2D eigenvalue weighted by molar-refractivity contribution is -0.147. The second-order valence-corrected chi connectivity index (χ2v) is 6.23. The zero-order valence-electron chi connectivity index (χ0n) is 13.8. The van der Waals surface area contributed by atoms with E-state index in [0.29, 0.717) is 0 Å². The van der Waals surface area contributed by atoms with E-state index < -0.39 is 53.1 Å². The van der Waals surface area contributed by atoms with Gasteiger partial charge in [0.1, 0.15) is 6.61 Å². The zero-order valence-corrected chi connectivity index (χ0v) is 13.8. The summed E-state index contributed by atoms with van der Waals surface area (Å²) in [7, 11) is 0.886. The molecule has 3 nitrogen and oxygen atoms in total. The standard InChI is InChI=1S/C17H18F4O3/c1-5-6-9-10(17(9,2)3)16(22)24-7-8-11(18)13(20)15(23-4)14(21)12(8)19/h5-6,9-10H,7H2,1-4H3/t9-,10+/m1/s1. The SMILES string of the molecule is CC=C[C@@H]1[C@@H](C(=O)OCc2c(F)c(F)c(OC)c(F)c2F)C1(C)C. The van der Waals surface area contributed by atoms with Gasteiger partial charge in [-0.2, -0.15) is 8.78 Å². The average molecular weight is 346 g/mol. The maximum absolute atomic E-state index is 13.8. The van der Waals surface area contributed by atoms with E-state index in [0.717, 1.165) is 7.11 Å². The lowest BCUT2D eigenvalue weighted by Gasteiger charge is -2.11. The van der Waals surface area contributed by atoms with Crippen molar-refractivity contribution in [3.8, 4) is 5.75 Å². The van der Waals surface area contributed by atoms with E-state index in [9.17, 15) is 22.4 Å². The van der Waals surface area contributed by atoms with Crippen LogP contribution in [0.5, 0.6) is 5.75 Å². The third kappa shape index (κ3) is 2.87. The summed E-state index contributed by atoms with van der Waals surface area (Å²) in [6.07, 6.45) is 3.65. The van der Waals surface area contributed by atoms with Gasteiger partial charge in [0.2, 0.25) is 11.6 Å². The van der Waals surface area contributed by atoms with E-state index in [1.54, 1.807) is 6.08 Å². The molecular weight excluding hydrogens is 328 g/mol. The smallest absolute Gasteiger partial charge is 0.310 e. The molecular formula is C17H18F4O3. The highest BCUT2D eigenvalue weighted by molar-refractivity contribution is 5.78. The van der Waals surface area contributed by atoms with Crippen LogP contribution in [0, 0.1) is 40.5 Å². The first kappa shape index (κ1) is 18.3. The Hall–Kier alpha value is -2.05. The topological polar surface area (TPSA) is 35.5 Å². The first-order valence-electron chi connectivity index (χ1n) is 7.36. The van der Waals surface area contributed by atoms with Gasteiger partial charge in [0.25, 0.3) is 0 Å². The largest absolute Gasteiger partial charge is 0.491 e. The Morgan fingerprint density at radius 1 is 1.12 bits per heavy atom. The fraction of sp³-hybridized carbons (Fsp3) is 0.471. The van der Waals surface area contributed by atoms with Crippen molar-refractivity contribution in [1.82, 2.24) is 0 Å². The number of esters is 1. The first-order valence-corrected chi connectivity index (χ1v) is 7.36. The molecule has 132 valence electrons. The van der Waals surface area contributed by atoms with E-state index in [2.05, 4.69) is 4.74 Å². The van der Waals surface area contributed by atoms with E-state index in [-0.39, 0.29) is 11.3 Å². The summed E-state index contributed by atoms with van der Waals surface area (Å²) in [6.45, 7) is 4.63. The van der Waals surface area contributed by atoms with Crippen LogP contribution in [0.2, 0.25) is 0 Å². The molecule has 1 fully saturated rings. The molecule has 1 aromatic carbocycles. The Morgan fingerprint density at radius 3 is 2.12 bits per heavy atom. The molecule has 0 radical (unpaired) electrons. The molecule has 0 heterocycles. The minimum atomic E-state index is -1.67. The van der Waals surface area contributed by atoms with Crippen molar-refractivity contribution in [2.45, 2.75) is 27.4 Å². The van der Waals surface area contributed by atoms with E-state index >= 15 is 0 Å². The molecule has 0 bridgehead atoms. The monoisotopic (exact) mass is 346 g/mol. The lowest BCUT2D eigenvalue weighted by Crippen LogP contribution is -2.14. The molecule has 1 aromatic rings. The highest BCUT2D eigenvalue weighted by Crippen LogP contribution is 2.59. The van der Waals surface area contributed by atoms with Crippen LogP contribution >= 0.6 is 0 Å². The summed E-state index contributed by atoms with van der Waals surface area (Å²) >= 11 is 0. The molecule has 0 aromatic heterocycles. The third-order valence-electron chi connectivity index (χ3n) is 4.44. The Labute approximate surface area is 137 Å². The van der Waals surface area contributed by atoms with Crippen molar-refractivity contribution in [3.63, 3.8) is 0 Å². The summed E-state index contributed by atoms with van der Waals surface area (Å²) in [5, 5.41) is 0. The van der Waals surface area contributed by atoms with Gasteiger partial charge in [-0.15, -0.1) is 0 Å². The molecule has 1 saturated carbocycles. The van der Waals surface area contributed by atoms with Crippen LogP contribution in [0.4, 0.5) is 17.6 Å². The van der Waals surface area contributed by atoms with Crippen molar-refractivity contribution in [2.75, 3.05) is 7.11 Å². The van der Waals surface area contributed by atoms with Crippen LogP contribution in [-0.4, -0.2) is 13.1 Å². The number of methoxy groups -OCH3 is 1. The van der Waals surface area contributed by atoms with Gasteiger partial charge in [0.15, 0.2) is 17.4 Å². The predicted molar refractivity (Wildman–Crippen MR) is 78.2 cm³/mol. The van der Waals surface area contributed by atoms with Gasteiger partial charge in [-0.1, -0.05) is 26.0 Å². The van der Waals surface area contributed by atoms with E-state index in [4.69, 9.17) is 4.74 Å². The van der Waals surface area contributed by atoms with E-state index in [1.165, 1.54) is 0 Å². The molecule has 0 N–H and O–H groups in total. The van der Waals surface area contributed by atoms with Crippen LogP contribution in [0.25, 0.3) is 0 Å². The average Bonchev–Trinajstić information content (AvgIpc) is 3.07. The van der Waals surface area contributed by atoms with Crippen LogP contribution < -0.4 is 4.74 Å². The van der Waals surface area contributed by atoms with Gasteiger partial charge >= 0.3 is 5.97 Å². The van der Waals surface area contributed by atoms with Gasteiger partial charge in [0, 0.05) is 0 Å². The fourth-order valence-electron chi connectivity index (χ4n) is 2.89. The Morgan fingerprint density at radius 2 is 1.67 bits per heavy atom. The highest BCUT2D eigenvalue weighted by atomic mass is 19.2. The van der Waals surface area contributed by atoms with Crippen LogP contribution in [-0.2, 0) is 16.1 Å². The second kappa shape index (κ2) is 6.45. The number of halogens is 4. The number of rotatable bonds is 5. The lowest BCUT2D eigenvalue weighted by atomic mass is 10.1. The van der Waals surface area contributed by atoms with Gasteiger partial charge in [0.05, 0.1) is 18.6 Å². The number of ether oxygens (including phenoxy) is 2. The summed E-state index contributed by atoms with van der Waals surface area (Å²) in [6, 6.07) is 0. The van der Waals surface area contributed by atoms with Crippen molar-refractivity contribution >= 4 is 5.97 Å². The van der Waals surface area contributed by atoms with Gasteiger partial charge in [-0.05, 0) is 18.3 Å². The maximum Gasteiger partial charge on any atom is 0.310 e. The van der Waals surface area contributed by atoms with Crippen molar-refractivity contribution in [2.24, 2.45) is 17.3 Å². The quantitative estimate of drug-likeness (QED) is 0.348. The summed E-state index contributed by atoms with van der Waals surface area (Å²) < 4.78 is 64.1. The summed E-state index contributed by atoms with van der Waals surface area (Å²) in [5.74, 6) is -8.95. The maximum atomic E-state index is 13.8. The minimum absolute atomic E-state index is 0.0472. The molecule has 24 heavy (non-hydrogen) atoms. The van der Waals surface area contributed by atoms with Crippen molar-refractivity contribution in [1.29, 1.82) is 0 Å². The summed E-state index contributed by atoms with van der Waals surface area (Å²) in [5.41, 5.74) is -1.32. The van der Waals surface area contributed by atoms with Gasteiger partial charge < -0.3 is 9.47 Å². The molecule has 0 aliphatic heterocycles. The number of hydrogen-bond donors (Lipinski definition) is 0. The molecule has 0 amide bonds. The predicted octanol–water partition coefficient (Wildman–Crippen LogP) is 4.14. The normalized spacial score (nSPS) is 21.8. The van der Waals surface area contributed by atoms with Crippen LogP contribution in [0.3, 0.4) is 0 Å². The molecule has 0 unspecified atom stereocenters. The van der Waals surface area contributed by atoms with Gasteiger partial charge in [-0.25, -0.2) is 8.78 Å². The van der Waals surface area contributed by atoms with Crippen molar-refractivity contribution in [3.05, 3.63) is 41.0 Å². The Bertz CT molecular complexity index is 669. The number of benzene rings is 1. The van der Waals surface area contributed by atoms with Crippen LogP contribution in [0.15, 0.2) is 12.2 Å². The van der Waals surface area contributed by atoms with Crippen molar-refractivity contribution < 1.29 is 31.8 Å². The molecule has 1 aliphatic rings. The van der Waals surface area contributed by atoms with E-state index in [1.807, 2.05) is 26.8 Å². The molecule has 7 heteroatoms. The fourth-order valence-corrected chi connectivity index (χ4v) is 2.89. The Kier molecular flexibility index (Phi) is 4.92. The van der Waals surface area contributed by atoms with Crippen LogP contribution in [0.1, 0.15) is 26.3 Å². The summed E-state index contributed by atoms with van der Waals surface area (Å²) in [4.78, 5) is 12.1. The molecule has 0 spiro atoms. The highest BCUT2D eigenvalue weighted by Gasteiger charge is 2.61. The molecule has 2 rings (SSSR count). The first-order chi connectivity index (χ1) is 11.2. The number of allylic oxidation sites excluding steroid dienone is 2. The minimum Gasteiger partial charge on any atom is -0.491 e. The molecule has 0 saturated heterocycles. The number of carbonyl (C=O) groups is 1. The molecule has 2 atom stereocenters. The third-order valence-corrected chi connectivity index (χ3v) is 4.44. The number of hydrogen-bond acceptors (Lipinski definition) is 3.